The average molecular weight is 436 g/mol. The van der Waals surface area contributed by atoms with E-state index in [4.69, 9.17) is 4.74 Å². The number of piperidine rings is 1. The van der Waals surface area contributed by atoms with Crippen molar-refractivity contribution in [1.29, 1.82) is 0 Å². The van der Waals surface area contributed by atoms with Crippen molar-refractivity contribution >= 4 is 23.3 Å². The molecule has 3 fully saturated rings. The van der Waals surface area contributed by atoms with Crippen LogP contribution in [0.1, 0.15) is 18.5 Å². The van der Waals surface area contributed by atoms with Gasteiger partial charge in [-0.15, -0.1) is 0 Å². The third-order valence-electron chi connectivity index (χ3n) is 6.57. The lowest BCUT2D eigenvalue weighted by molar-refractivity contribution is -0.126. The molecule has 1 aromatic heterocycles. The van der Waals surface area contributed by atoms with Crippen molar-refractivity contribution in [2.24, 2.45) is 11.8 Å². The summed E-state index contributed by atoms with van der Waals surface area (Å²) in [6.07, 6.45) is 2.26. The van der Waals surface area contributed by atoms with Gasteiger partial charge in [-0.3, -0.25) is 14.5 Å². The smallest absolute Gasteiger partial charge is 0.247 e. The number of likely N-dealkylation sites (tertiary alicyclic amines) is 1. The Balaban J connectivity index is 1.39. The number of ether oxygens (including phenoxy) is 1. The molecule has 4 atom stereocenters. The molecule has 0 radical (unpaired) electrons. The minimum absolute atomic E-state index is 0.00437. The van der Waals surface area contributed by atoms with Crippen LogP contribution in [0.2, 0.25) is 0 Å². The standard InChI is InChI=1S/C24H29N5O3/c1-16-7-5-11-21(25-16)26-23(30)19-14-28(13-18-10-6-12-32-18)15-20-22(19)27-29(24(20)31)17-8-3-2-4-9-17/h2-5,7-9,11,18-20,22,27H,6,10,12-15H2,1H3,(H,25,26,30). The summed E-state index contributed by atoms with van der Waals surface area (Å²) in [5.74, 6) is -0.274. The van der Waals surface area contributed by atoms with Crippen molar-refractivity contribution in [2.75, 3.05) is 36.6 Å². The van der Waals surface area contributed by atoms with Gasteiger partial charge < -0.3 is 10.1 Å². The van der Waals surface area contributed by atoms with Gasteiger partial charge >= 0.3 is 0 Å². The van der Waals surface area contributed by atoms with Crippen LogP contribution in [0, 0.1) is 18.8 Å². The first-order chi connectivity index (χ1) is 15.6. The molecule has 0 bridgehead atoms. The molecule has 4 unspecified atom stereocenters. The lowest BCUT2D eigenvalue weighted by Gasteiger charge is -2.39. The number of anilines is 2. The molecule has 32 heavy (non-hydrogen) atoms. The molecule has 3 aliphatic heterocycles. The maximum Gasteiger partial charge on any atom is 0.247 e. The average Bonchev–Trinajstić information content (AvgIpc) is 3.42. The summed E-state index contributed by atoms with van der Waals surface area (Å²) >= 11 is 0. The summed E-state index contributed by atoms with van der Waals surface area (Å²) in [6, 6.07) is 14.8. The molecule has 2 amide bonds. The third kappa shape index (κ3) is 4.26. The number of para-hydroxylation sites is 1. The Labute approximate surface area is 187 Å². The molecule has 3 aliphatic rings. The number of fused-ring (bicyclic) bond motifs is 1. The van der Waals surface area contributed by atoms with E-state index in [0.717, 1.165) is 37.4 Å². The second-order valence-corrected chi connectivity index (χ2v) is 8.88. The molecule has 5 rings (SSSR count). The number of nitrogens with zero attached hydrogens (tertiary/aromatic N) is 3. The van der Waals surface area contributed by atoms with Gasteiger partial charge in [0.1, 0.15) is 5.82 Å². The fraction of sp³-hybridized carbons (Fsp3) is 0.458. The second kappa shape index (κ2) is 8.97. The second-order valence-electron chi connectivity index (χ2n) is 8.88. The van der Waals surface area contributed by atoms with Crippen LogP contribution >= 0.6 is 0 Å². The molecule has 4 heterocycles. The van der Waals surface area contributed by atoms with Crippen LogP contribution in [0.5, 0.6) is 0 Å². The summed E-state index contributed by atoms with van der Waals surface area (Å²) in [6.45, 7) is 4.61. The number of hydrogen-bond acceptors (Lipinski definition) is 6. The molecule has 1 aromatic carbocycles. The number of hydrazine groups is 1. The molecule has 0 aliphatic carbocycles. The lowest BCUT2D eigenvalue weighted by Crippen LogP contribution is -2.57. The van der Waals surface area contributed by atoms with Gasteiger partial charge in [0.05, 0.1) is 29.7 Å². The van der Waals surface area contributed by atoms with E-state index in [1.54, 1.807) is 11.1 Å². The largest absolute Gasteiger partial charge is 0.377 e. The van der Waals surface area contributed by atoms with Crippen LogP contribution in [0.4, 0.5) is 11.5 Å². The van der Waals surface area contributed by atoms with Crippen molar-refractivity contribution in [3.63, 3.8) is 0 Å². The monoisotopic (exact) mass is 435 g/mol. The lowest BCUT2D eigenvalue weighted by atomic mass is 9.83. The maximum atomic E-state index is 13.4. The minimum Gasteiger partial charge on any atom is -0.377 e. The molecule has 0 saturated carbocycles. The molecular formula is C24H29N5O3. The van der Waals surface area contributed by atoms with E-state index in [1.807, 2.05) is 49.4 Å². The van der Waals surface area contributed by atoms with E-state index in [2.05, 4.69) is 20.6 Å². The summed E-state index contributed by atoms with van der Waals surface area (Å²) in [7, 11) is 0. The van der Waals surface area contributed by atoms with Crippen LogP contribution in [0.15, 0.2) is 48.5 Å². The number of benzene rings is 1. The number of rotatable bonds is 5. The van der Waals surface area contributed by atoms with Gasteiger partial charge in [0.25, 0.3) is 0 Å². The zero-order valence-corrected chi connectivity index (χ0v) is 18.2. The van der Waals surface area contributed by atoms with Crippen LogP contribution in [0.25, 0.3) is 0 Å². The number of pyridine rings is 1. The van der Waals surface area contributed by atoms with E-state index in [9.17, 15) is 9.59 Å². The molecule has 8 nitrogen and oxygen atoms in total. The Kier molecular flexibility index (Phi) is 5.91. The normalized spacial score (nSPS) is 28.0. The highest BCUT2D eigenvalue weighted by molar-refractivity contribution is 5.99. The summed E-state index contributed by atoms with van der Waals surface area (Å²) in [5, 5.41) is 4.58. The Morgan fingerprint density at radius 2 is 2.03 bits per heavy atom. The van der Waals surface area contributed by atoms with E-state index in [0.29, 0.717) is 18.9 Å². The Morgan fingerprint density at radius 1 is 1.19 bits per heavy atom. The first-order valence-electron chi connectivity index (χ1n) is 11.3. The van der Waals surface area contributed by atoms with Crippen LogP contribution in [-0.4, -0.2) is 60.1 Å². The van der Waals surface area contributed by atoms with Gasteiger partial charge in [-0.25, -0.2) is 15.4 Å². The van der Waals surface area contributed by atoms with Crippen molar-refractivity contribution < 1.29 is 14.3 Å². The van der Waals surface area contributed by atoms with E-state index >= 15 is 0 Å². The van der Waals surface area contributed by atoms with E-state index in [1.165, 1.54) is 0 Å². The minimum atomic E-state index is -0.393. The number of aryl methyl sites for hydroxylation is 1. The number of nitrogens with one attached hydrogen (secondary N) is 2. The highest BCUT2D eigenvalue weighted by atomic mass is 16.5. The summed E-state index contributed by atoms with van der Waals surface area (Å²) < 4.78 is 5.83. The van der Waals surface area contributed by atoms with Crippen LogP contribution < -0.4 is 15.8 Å². The zero-order valence-electron chi connectivity index (χ0n) is 18.2. The fourth-order valence-corrected chi connectivity index (χ4v) is 5.01. The van der Waals surface area contributed by atoms with Gasteiger partial charge in [0, 0.05) is 31.9 Å². The number of aromatic nitrogens is 1. The van der Waals surface area contributed by atoms with Crippen molar-refractivity contribution in [3.05, 3.63) is 54.2 Å². The van der Waals surface area contributed by atoms with Gasteiger partial charge in [-0.05, 0) is 44.0 Å². The van der Waals surface area contributed by atoms with E-state index < -0.39 is 5.92 Å². The summed E-state index contributed by atoms with van der Waals surface area (Å²) in [4.78, 5) is 33.4. The predicted octanol–water partition coefficient (Wildman–Crippen LogP) is 1.98. The molecule has 2 N–H and O–H groups in total. The van der Waals surface area contributed by atoms with Gasteiger partial charge in [-0.2, -0.15) is 0 Å². The van der Waals surface area contributed by atoms with Crippen molar-refractivity contribution in [3.8, 4) is 0 Å². The summed E-state index contributed by atoms with van der Waals surface area (Å²) in [5.41, 5.74) is 4.98. The Hall–Kier alpha value is -2.81. The Bertz CT molecular complexity index is 979. The fourth-order valence-electron chi connectivity index (χ4n) is 5.01. The molecule has 0 spiro atoms. The number of amides is 2. The maximum absolute atomic E-state index is 13.4. The molecular weight excluding hydrogens is 406 g/mol. The molecule has 2 aromatic rings. The molecule has 168 valence electrons. The third-order valence-corrected chi connectivity index (χ3v) is 6.57. The van der Waals surface area contributed by atoms with Gasteiger partial charge in [-0.1, -0.05) is 24.3 Å². The van der Waals surface area contributed by atoms with Crippen molar-refractivity contribution in [1.82, 2.24) is 15.3 Å². The Morgan fingerprint density at radius 3 is 2.78 bits per heavy atom. The first-order valence-corrected chi connectivity index (χ1v) is 11.3. The highest BCUT2D eigenvalue weighted by Crippen LogP contribution is 2.33. The van der Waals surface area contributed by atoms with Crippen molar-refractivity contribution in [2.45, 2.75) is 31.9 Å². The molecule has 3 saturated heterocycles. The quantitative estimate of drug-likeness (QED) is 0.747. The predicted molar refractivity (Wildman–Crippen MR) is 121 cm³/mol. The van der Waals surface area contributed by atoms with Crippen LogP contribution in [0.3, 0.4) is 0 Å². The van der Waals surface area contributed by atoms with Gasteiger partial charge in [0.15, 0.2) is 0 Å². The number of carbonyl (C=O) groups is 2. The molecule has 8 heteroatoms. The number of carbonyl (C=O) groups excluding carboxylic acids is 2. The van der Waals surface area contributed by atoms with E-state index in [-0.39, 0.29) is 29.9 Å². The van der Waals surface area contributed by atoms with Gasteiger partial charge in [0.2, 0.25) is 11.8 Å². The SMILES string of the molecule is Cc1cccc(NC(=O)C2CN(CC3CCCO3)CC3C(=O)N(c4ccccc4)NC23)n1. The van der Waals surface area contributed by atoms with Crippen LogP contribution in [-0.2, 0) is 14.3 Å². The zero-order chi connectivity index (χ0) is 22.1. The highest BCUT2D eigenvalue weighted by Gasteiger charge is 2.51. The first kappa shape index (κ1) is 21.1. The topological polar surface area (TPSA) is 86.8 Å². The number of hydrogen-bond donors (Lipinski definition) is 2.